The topological polar surface area (TPSA) is 12.9 Å². The number of nitrogens with zero attached hydrogens (tertiary/aromatic N) is 1. The fraction of sp³-hybridized carbons (Fsp3) is 0.333. The normalized spacial score (nSPS) is 9.91. The van der Waals surface area contributed by atoms with E-state index in [2.05, 4.69) is 23.7 Å². The van der Waals surface area contributed by atoms with E-state index in [1.165, 1.54) is 5.69 Å². The van der Waals surface area contributed by atoms with Crippen LogP contribution in [0.5, 0.6) is 0 Å². The summed E-state index contributed by atoms with van der Waals surface area (Å²) in [7, 11) is 0. The molecule has 1 nitrogen and oxygen atoms in total. The van der Waals surface area contributed by atoms with Crippen LogP contribution in [0, 0.1) is 5.75 Å². The van der Waals surface area contributed by atoms with Gasteiger partial charge < -0.3 is 0 Å². The van der Waals surface area contributed by atoms with E-state index in [1.54, 1.807) is 0 Å². The Morgan fingerprint density at radius 3 is 3.09 bits per heavy atom. The van der Waals surface area contributed by atoms with Crippen LogP contribution >= 0.6 is 11.8 Å². The fourth-order valence-corrected chi connectivity index (χ4v) is 1.39. The van der Waals surface area contributed by atoms with Crippen LogP contribution < -0.4 is 0 Å². The smallest absolute Gasteiger partial charge is 0.0411 e. The first-order valence-electron chi connectivity index (χ1n) is 3.73. The molecule has 1 aromatic heterocycles. The summed E-state index contributed by atoms with van der Waals surface area (Å²) in [5.74, 6) is 3.25. The molecule has 0 aliphatic rings. The zero-order valence-corrected chi connectivity index (χ0v) is 7.47. The van der Waals surface area contributed by atoms with E-state index in [4.69, 9.17) is 0 Å². The van der Waals surface area contributed by atoms with E-state index in [9.17, 15) is 0 Å². The molecule has 1 rings (SSSR count). The fourth-order valence-electron chi connectivity index (χ4n) is 0.827. The van der Waals surface area contributed by atoms with Gasteiger partial charge >= 0.3 is 0 Å². The molecule has 59 valence electrons. The Bertz CT molecular complexity index is 186. The minimum absolute atomic E-state index is 1.07. The minimum Gasteiger partial charge on any atom is -0.261 e. The van der Waals surface area contributed by atoms with Crippen molar-refractivity contribution >= 4 is 11.8 Å². The Labute approximate surface area is 72.2 Å². The highest BCUT2D eigenvalue weighted by atomic mass is 32.2. The summed E-state index contributed by atoms with van der Waals surface area (Å²) in [6.07, 6.45) is 2.91. The zero-order chi connectivity index (χ0) is 7.94. The van der Waals surface area contributed by atoms with Gasteiger partial charge in [0.2, 0.25) is 0 Å². The van der Waals surface area contributed by atoms with Gasteiger partial charge in [-0.3, -0.25) is 4.98 Å². The lowest BCUT2D eigenvalue weighted by Crippen LogP contribution is -1.90. The second kappa shape index (κ2) is 5.19. The lowest BCUT2D eigenvalue weighted by atomic mass is 10.3. The summed E-state index contributed by atoms with van der Waals surface area (Å²) in [6, 6.07) is 6.04. The van der Waals surface area contributed by atoms with Crippen molar-refractivity contribution in [1.82, 2.24) is 4.98 Å². The number of rotatable bonds is 4. The molecule has 0 atom stereocenters. The molecule has 0 amide bonds. The third-order valence-electron chi connectivity index (χ3n) is 1.37. The van der Waals surface area contributed by atoms with E-state index >= 15 is 0 Å². The van der Waals surface area contributed by atoms with Gasteiger partial charge in [0.15, 0.2) is 0 Å². The highest BCUT2D eigenvalue weighted by molar-refractivity contribution is 8.01. The molecule has 0 aliphatic carbocycles. The number of thioether (sulfide) groups is 1. The first-order valence-corrected chi connectivity index (χ1v) is 4.77. The minimum atomic E-state index is 1.07. The van der Waals surface area contributed by atoms with Crippen LogP contribution in [0.1, 0.15) is 12.6 Å². The van der Waals surface area contributed by atoms with Gasteiger partial charge in [0.1, 0.15) is 0 Å². The van der Waals surface area contributed by atoms with Gasteiger partial charge in [-0.05, 0) is 24.3 Å². The van der Waals surface area contributed by atoms with E-state index in [0.717, 1.165) is 12.2 Å². The van der Waals surface area contributed by atoms with Crippen molar-refractivity contribution in [3.63, 3.8) is 0 Å². The second-order valence-corrected chi connectivity index (χ2v) is 3.39. The quantitative estimate of drug-likeness (QED) is 0.637. The van der Waals surface area contributed by atoms with Crippen LogP contribution in [-0.2, 0) is 6.42 Å². The maximum absolute atomic E-state index is 4.22. The maximum atomic E-state index is 4.22. The van der Waals surface area contributed by atoms with Crippen LogP contribution in [-0.4, -0.2) is 10.7 Å². The van der Waals surface area contributed by atoms with Gasteiger partial charge in [0, 0.05) is 17.6 Å². The lowest BCUT2D eigenvalue weighted by molar-refractivity contribution is 1.05. The van der Waals surface area contributed by atoms with Crippen molar-refractivity contribution in [2.24, 2.45) is 0 Å². The Kier molecular flexibility index (Phi) is 4.06. The van der Waals surface area contributed by atoms with Crippen LogP contribution in [0.4, 0.5) is 0 Å². The summed E-state index contributed by atoms with van der Waals surface area (Å²) >= 11 is 1.84. The van der Waals surface area contributed by atoms with E-state index in [-0.39, 0.29) is 0 Å². The molecule has 0 saturated heterocycles. The number of aromatic nitrogens is 1. The number of aryl methyl sites for hydroxylation is 1. The highest BCUT2D eigenvalue weighted by Gasteiger charge is 1.91. The molecule has 1 aromatic rings. The molecule has 0 unspecified atom stereocenters. The Hall–Kier alpha value is -0.500. The molecule has 0 aromatic carbocycles. The summed E-state index contributed by atoms with van der Waals surface area (Å²) in [4.78, 5) is 4.22. The number of hydrogen-bond donors (Lipinski definition) is 0. The second-order valence-electron chi connectivity index (χ2n) is 2.18. The Balaban J connectivity index is 2.28. The molecular formula is C9H12NS. The standard InChI is InChI=1S/C9H12NS/c1-2-11-8-6-9-5-3-4-7-10-9/h2-5,7H,6,8H2,1H3. The predicted molar refractivity (Wildman–Crippen MR) is 50.4 cm³/mol. The molecule has 0 spiro atoms. The predicted octanol–water partition coefficient (Wildman–Crippen LogP) is 2.54. The first kappa shape index (κ1) is 8.60. The van der Waals surface area contributed by atoms with Crippen LogP contribution in [0.25, 0.3) is 0 Å². The van der Waals surface area contributed by atoms with Gasteiger partial charge in [-0.15, -0.1) is 0 Å². The van der Waals surface area contributed by atoms with Crippen LogP contribution in [0.2, 0.25) is 0 Å². The average Bonchev–Trinajstić information content (AvgIpc) is 2.07. The molecule has 0 aliphatic heterocycles. The highest BCUT2D eigenvalue weighted by Crippen LogP contribution is 2.06. The van der Waals surface area contributed by atoms with Crippen molar-refractivity contribution in [3.8, 4) is 0 Å². The van der Waals surface area contributed by atoms with Crippen LogP contribution in [0.15, 0.2) is 24.4 Å². The number of pyridine rings is 1. The van der Waals surface area contributed by atoms with Gasteiger partial charge in [-0.2, -0.15) is 11.8 Å². The molecule has 1 heterocycles. The van der Waals surface area contributed by atoms with Gasteiger partial charge in [-0.25, -0.2) is 0 Å². The zero-order valence-electron chi connectivity index (χ0n) is 6.66. The van der Waals surface area contributed by atoms with E-state index < -0.39 is 0 Å². The molecule has 1 radical (unpaired) electrons. The summed E-state index contributed by atoms with van der Waals surface area (Å²) in [6.45, 7) is 2.06. The summed E-state index contributed by atoms with van der Waals surface area (Å²) in [5.41, 5.74) is 1.18. The van der Waals surface area contributed by atoms with Crippen molar-refractivity contribution in [2.75, 3.05) is 5.75 Å². The first-order chi connectivity index (χ1) is 5.43. The molecule has 0 saturated carbocycles. The summed E-state index contributed by atoms with van der Waals surface area (Å²) < 4.78 is 0. The summed E-state index contributed by atoms with van der Waals surface area (Å²) in [5, 5.41) is 0. The molecule has 2 heteroatoms. The Morgan fingerprint density at radius 1 is 1.55 bits per heavy atom. The van der Waals surface area contributed by atoms with Gasteiger partial charge in [0.05, 0.1) is 0 Å². The van der Waals surface area contributed by atoms with Crippen molar-refractivity contribution in [3.05, 3.63) is 35.8 Å². The lowest BCUT2D eigenvalue weighted by Gasteiger charge is -1.97. The average molecular weight is 166 g/mol. The van der Waals surface area contributed by atoms with Crippen molar-refractivity contribution in [1.29, 1.82) is 0 Å². The van der Waals surface area contributed by atoms with Crippen LogP contribution in [0.3, 0.4) is 0 Å². The third kappa shape index (κ3) is 3.42. The van der Waals surface area contributed by atoms with E-state index in [0.29, 0.717) is 0 Å². The maximum Gasteiger partial charge on any atom is 0.0411 e. The third-order valence-corrected chi connectivity index (χ3v) is 2.14. The molecular weight excluding hydrogens is 154 g/mol. The van der Waals surface area contributed by atoms with Crippen molar-refractivity contribution < 1.29 is 0 Å². The van der Waals surface area contributed by atoms with Gasteiger partial charge in [-0.1, -0.05) is 13.0 Å². The molecule has 0 N–H and O–H groups in total. The van der Waals surface area contributed by atoms with E-state index in [1.807, 2.05) is 30.1 Å². The largest absolute Gasteiger partial charge is 0.261 e. The molecule has 0 bridgehead atoms. The monoisotopic (exact) mass is 166 g/mol. The number of hydrogen-bond acceptors (Lipinski definition) is 2. The Morgan fingerprint density at radius 2 is 2.45 bits per heavy atom. The molecule has 0 fully saturated rings. The SMILES string of the molecule is C[CH]SCCc1ccccn1. The van der Waals surface area contributed by atoms with Crippen molar-refractivity contribution in [2.45, 2.75) is 13.3 Å². The molecule has 11 heavy (non-hydrogen) atoms. The van der Waals surface area contributed by atoms with Gasteiger partial charge in [0.25, 0.3) is 0 Å².